The van der Waals surface area contributed by atoms with Crippen molar-refractivity contribution in [2.45, 2.75) is 37.9 Å². The lowest BCUT2D eigenvalue weighted by atomic mass is 9.83. The van der Waals surface area contributed by atoms with Gasteiger partial charge in [-0.15, -0.1) is 0 Å². The summed E-state index contributed by atoms with van der Waals surface area (Å²) in [5.74, 6) is 1.22. The quantitative estimate of drug-likeness (QED) is 0.778. The smallest absolute Gasteiger partial charge is 0.254 e. The predicted octanol–water partition coefficient (Wildman–Crippen LogP) is 1.27. The van der Waals surface area contributed by atoms with Crippen molar-refractivity contribution in [3.8, 4) is 11.5 Å². The second kappa shape index (κ2) is 7.42. The Bertz CT molecular complexity index is 860. The van der Waals surface area contributed by atoms with Crippen molar-refractivity contribution in [1.82, 2.24) is 9.80 Å². The second-order valence-electron chi connectivity index (χ2n) is 8.81. The van der Waals surface area contributed by atoms with Gasteiger partial charge in [0.2, 0.25) is 12.7 Å². The summed E-state index contributed by atoms with van der Waals surface area (Å²) in [6, 6.07) is 5.21. The first kappa shape index (κ1) is 19.6. The number of aliphatic hydroxyl groups excluding tert-OH is 1. The Kier molecular flexibility index (Phi) is 4.86. The van der Waals surface area contributed by atoms with Gasteiger partial charge in [0.25, 0.3) is 5.91 Å². The van der Waals surface area contributed by atoms with Crippen LogP contribution in [0.2, 0.25) is 0 Å². The van der Waals surface area contributed by atoms with Crippen LogP contribution in [0.4, 0.5) is 0 Å². The van der Waals surface area contributed by atoms with Crippen LogP contribution in [0.3, 0.4) is 0 Å². The van der Waals surface area contributed by atoms with E-state index in [2.05, 4.69) is 6.92 Å². The molecule has 8 nitrogen and oxygen atoms in total. The van der Waals surface area contributed by atoms with Gasteiger partial charge in [-0.25, -0.2) is 0 Å². The highest BCUT2D eigenvalue weighted by atomic mass is 16.7. The molecule has 162 valence electrons. The van der Waals surface area contributed by atoms with E-state index in [0.29, 0.717) is 49.7 Å². The number of morpholine rings is 1. The molecule has 1 aromatic carbocycles. The number of unbranched alkanes of at least 4 members (excludes halogenated alkanes) is 1. The lowest BCUT2D eigenvalue weighted by Crippen LogP contribution is -2.56. The highest BCUT2D eigenvalue weighted by Gasteiger charge is 2.63. The number of nitrogens with zero attached hydrogens (tertiary/aromatic N) is 2. The van der Waals surface area contributed by atoms with E-state index in [1.165, 1.54) is 0 Å². The van der Waals surface area contributed by atoms with Crippen LogP contribution in [0.5, 0.6) is 11.5 Å². The fraction of sp³-hybridized carbons (Fsp3) is 0.636. The van der Waals surface area contributed by atoms with Gasteiger partial charge in [-0.2, -0.15) is 0 Å². The minimum Gasteiger partial charge on any atom is -0.454 e. The Balaban J connectivity index is 1.36. The van der Waals surface area contributed by atoms with E-state index in [0.717, 1.165) is 12.8 Å². The molecule has 0 aliphatic carbocycles. The molecule has 4 aliphatic rings. The monoisotopic (exact) mass is 416 g/mol. The summed E-state index contributed by atoms with van der Waals surface area (Å²) in [6.07, 6.45) is 2.22. The zero-order valence-corrected chi connectivity index (χ0v) is 17.2. The summed E-state index contributed by atoms with van der Waals surface area (Å²) in [7, 11) is 0. The first-order valence-electron chi connectivity index (χ1n) is 10.8. The van der Waals surface area contributed by atoms with Gasteiger partial charge in [-0.3, -0.25) is 9.59 Å². The van der Waals surface area contributed by atoms with Crippen molar-refractivity contribution in [2.75, 3.05) is 39.6 Å². The molecule has 3 fully saturated rings. The lowest BCUT2D eigenvalue weighted by molar-refractivity contribution is -0.153. The van der Waals surface area contributed by atoms with Gasteiger partial charge < -0.3 is 29.1 Å². The molecule has 1 spiro atoms. The molecule has 2 amide bonds. The highest BCUT2D eigenvalue weighted by molar-refractivity contribution is 5.95. The van der Waals surface area contributed by atoms with Crippen LogP contribution in [0.15, 0.2) is 18.2 Å². The zero-order valence-electron chi connectivity index (χ0n) is 17.2. The maximum atomic E-state index is 13.2. The van der Waals surface area contributed by atoms with Gasteiger partial charge in [0.15, 0.2) is 11.5 Å². The van der Waals surface area contributed by atoms with Gasteiger partial charge >= 0.3 is 0 Å². The first-order chi connectivity index (χ1) is 14.5. The van der Waals surface area contributed by atoms with E-state index in [1.54, 1.807) is 23.1 Å². The van der Waals surface area contributed by atoms with Gasteiger partial charge in [0, 0.05) is 43.5 Å². The molecule has 4 atom stereocenters. The van der Waals surface area contributed by atoms with Crippen molar-refractivity contribution in [1.29, 1.82) is 0 Å². The number of hydrogen-bond acceptors (Lipinski definition) is 6. The molecular weight excluding hydrogens is 388 g/mol. The number of carbonyl (C=O) groups excluding carboxylic acids is 2. The SMILES string of the molecule is CCCCC(=O)N1C[C@H]2O[C@]3(C1)CN(C(=O)c1ccc4c(c1)OCO4)C[C@@H]3[C@@H]2CO. The van der Waals surface area contributed by atoms with Crippen LogP contribution >= 0.6 is 0 Å². The average molecular weight is 416 g/mol. The van der Waals surface area contributed by atoms with E-state index in [9.17, 15) is 14.7 Å². The zero-order chi connectivity index (χ0) is 20.9. The van der Waals surface area contributed by atoms with Gasteiger partial charge in [0.1, 0.15) is 5.60 Å². The number of amides is 2. The number of rotatable bonds is 5. The summed E-state index contributed by atoms with van der Waals surface area (Å²) in [6.45, 7) is 4.20. The summed E-state index contributed by atoms with van der Waals surface area (Å²) < 4.78 is 17.1. The number of benzene rings is 1. The molecule has 0 saturated carbocycles. The van der Waals surface area contributed by atoms with Crippen molar-refractivity contribution in [3.63, 3.8) is 0 Å². The molecular formula is C22H28N2O6. The van der Waals surface area contributed by atoms with Crippen LogP contribution in [0, 0.1) is 11.8 Å². The molecule has 1 aromatic rings. The number of hydrogen-bond donors (Lipinski definition) is 1. The average Bonchev–Trinajstić information content (AvgIpc) is 3.41. The van der Waals surface area contributed by atoms with Crippen molar-refractivity contribution < 1.29 is 28.9 Å². The number of fused-ring (bicyclic) bond motifs is 2. The number of carbonyl (C=O) groups is 2. The Morgan fingerprint density at radius 3 is 2.77 bits per heavy atom. The predicted molar refractivity (Wildman–Crippen MR) is 106 cm³/mol. The van der Waals surface area contributed by atoms with Gasteiger partial charge in [-0.05, 0) is 24.6 Å². The summed E-state index contributed by atoms with van der Waals surface area (Å²) in [5, 5.41) is 10.1. The fourth-order valence-corrected chi connectivity index (χ4v) is 5.48. The van der Waals surface area contributed by atoms with Crippen molar-refractivity contribution >= 4 is 11.8 Å². The summed E-state index contributed by atoms with van der Waals surface area (Å²) in [4.78, 5) is 29.6. The van der Waals surface area contributed by atoms with Crippen molar-refractivity contribution in [2.24, 2.45) is 11.8 Å². The van der Waals surface area contributed by atoms with E-state index in [-0.39, 0.29) is 43.2 Å². The molecule has 2 bridgehead atoms. The largest absolute Gasteiger partial charge is 0.454 e. The Morgan fingerprint density at radius 2 is 1.97 bits per heavy atom. The molecule has 0 radical (unpaired) electrons. The molecule has 8 heteroatoms. The van der Waals surface area contributed by atoms with Gasteiger partial charge in [-0.1, -0.05) is 13.3 Å². The molecule has 4 heterocycles. The van der Waals surface area contributed by atoms with Crippen LogP contribution in [-0.4, -0.2) is 78.0 Å². The van der Waals surface area contributed by atoms with Crippen LogP contribution < -0.4 is 9.47 Å². The summed E-state index contributed by atoms with van der Waals surface area (Å²) in [5.41, 5.74) is -0.0519. The molecule has 0 aromatic heterocycles. The normalized spacial score (nSPS) is 31.2. The van der Waals surface area contributed by atoms with E-state index >= 15 is 0 Å². The molecule has 3 saturated heterocycles. The topological polar surface area (TPSA) is 88.5 Å². The van der Waals surface area contributed by atoms with E-state index in [4.69, 9.17) is 14.2 Å². The standard InChI is InChI=1S/C22H28N2O6/c1-2-3-4-20(26)23-9-19-15(10-25)16-8-24(12-22(16,11-23)30-19)21(27)14-5-6-17-18(7-14)29-13-28-17/h5-7,15-16,19,25H,2-4,8-13H2,1H3/t15-,16+,19+,22+/m0/s1. The number of likely N-dealkylation sites (tertiary alicyclic amines) is 2. The summed E-state index contributed by atoms with van der Waals surface area (Å²) >= 11 is 0. The Morgan fingerprint density at radius 1 is 1.17 bits per heavy atom. The molecule has 30 heavy (non-hydrogen) atoms. The van der Waals surface area contributed by atoms with Crippen LogP contribution in [0.1, 0.15) is 36.5 Å². The van der Waals surface area contributed by atoms with E-state index < -0.39 is 5.60 Å². The molecule has 5 rings (SSSR count). The lowest BCUT2D eigenvalue weighted by Gasteiger charge is -2.40. The second-order valence-corrected chi connectivity index (χ2v) is 8.81. The van der Waals surface area contributed by atoms with Crippen LogP contribution in [0.25, 0.3) is 0 Å². The number of ether oxygens (including phenoxy) is 3. The maximum Gasteiger partial charge on any atom is 0.254 e. The van der Waals surface area contributed by atoms with E-state index in [1.807, 2.05) is 4.90 Å². The molecule has 4 aliphatic heterocycles. The first-order valence-corrected chi connectivity index (χ1v) is 10.8. The Hall–Kier alpha value is -2.32. The highest BCUT2D eigenvalue weighted by Crippen LogP contribution is 2.49. The van der Waals surface area contributed by atoms with Crippen molar-refractivity contribution in [3.05, 3.63) is 23.8 Å². The molecule has 0 unspecified atom stereocenters. The van der Waals surface area contributed by atoms with Crippen LogP contribution in [-0.2, 0) is 9.53 Å². The Labute approximate surface area is 175 Å². The fourth-order valence-electron chi connectivity index (χ4n) is 5.48. The third kappa shape index (κ3) is 3.04. The van der Waals surface area contributed by atoms with Gasteiger partial charge in [0.05, 0.1) is 19.2 Å². The third-order valence-corrected chi connectivity index (χ3v) is 7.01. The maximum absolute atomic E-state index is 13.2. The minimum atomic E-state index is -0.593. The minimum absolute atomic E-state index is 0.000127. The molecule has 1 N–H and O–H groups in total. The third-order valence-electron chi connectivity index (χ3n) is 7.01. The number of aliphatic hydroxyl groups is 1.